The van der Waals surface area contributed by atoms with Crippen LogP contribution in [0.15, 0.2) is 42.5 Å². The van der Waals surface area contributed by atoms with Gasteiger partial charge in [-0.25, -0.2) is 4.39 Å². The quantitative estimate of drug-likeness (QED) is 0.738. The van der Waals surface area contributed by atoms with Gasteiger partial charge < -0.3 is 16.4 Å². The van der Waals surface area contributed by atoms with Gasteiger partial charge in [0.05, 0.1) is 11.3 Å². The van der Waals surface area contributed by atoms with E-state index in [0.717, 1.165) is 0 Å². The average Bonchev–Trinajstić information content (AvgIpc) is 2.57. The molecule has 1 aliphatic rings. The van der Waals surface area contributed by atoms with Gasteiger partial charge in [0.2, 0.25) is 5.91 Å². The Morgan fingerprint density at radius 2 is 1.91 bits per heavy atom. The number of anilines is 2. The Hall–Kier alpha value is -2.89. The molecule has 0 aromatic heterocycles. The minimum Gasteiger partial charge on any atom is -0.398 e. The Morgan fingerprint density at radius 1 is 1.14 bits per heavy atom. The molecule has 1 aliphatic heterocycles. The van der Waals surface area contributed by atoms with Crippen LogP contribution in [0.4, 0.5) is 15.8 Å². The summed E-state index contributed by atoms with van der Waals surface area (Å²) in [5.74, 6) is -1.17. The third kappa shape index (κ3) is 2.63. The van der Waals surface area contributed by atoms with Crippen molar-refractivity contribution < 1.29 is 14.0 Å². The summed E-state index contributed by atoms with van der Waals surface area (Å²) in [4.78, 5) is 24.5. The van der Waals surface area contributed by atoms with Crippen LogP contribution in [0.2, 0.25) is 0 Å². The van der Waals surface area contributed by atoms with Crippen molar-refractivity contribution in [3.63, 3.8) is 0 Å². The van der Waals surface area contributed by atoms with E-state index in [1.54, 1.807) is 30.3 Å². The monoisotopic (exact) mass is 299 g/mol. The molecule has 0 saturated heterocycles. The van der Waals surface area contributed by atoms with Crippen molar-refractivity contribution in [1.29, 1.82) is 0 Å². The number of halogens is 1. The van der Waals surface area contributed by atoms with Gasteiger partial charge in [0.15, 0.2) is 0 Å². The van der Waals surface area contributed by atoms with E-state index in [1.165, 1.54) is 12.1 Å². The SMILES string of the molecule is Nc1cccc2c1C(=O)NC(Cc1cccc(F)c1)C(=O)N2. The predicted octanol–water partition coefficient (Wildman–Crippen LogP) is 1.70. The summed E-state index contributed by atoms with van der Waals surface area (Å²) in [5.41, 5.74) is 7.35. The summed E-state index contributed by atoms with van der Waals surface area (Å²) in [6.07, 6.45) is 0.198. The zero-order valence-corrected chi connectivity index (χ0v) is 11.6. The van der Waals surface area contributed by atoms with Crippen LogP contribution in [-0.2, 0) is 11.2 Å². The number of amides is 2. The molecule has 5 nitrogen and oxygen atoms in total. The maximum Gasteiger partial charge on any atom is 0.256 e. The first-order chi connectivity index (χ1) is 10.5. The number of nitrogens with one attached hydrogen (secondary N) is 2. The molecule has 2 aromatic carbocycles. The van der Waals surface area contributed by atoms with E-state index in [2.05, 4.69) is 10.6 Å². The highest BCUT2D eigenvalue weighted by atomic mass is 19.1. The van der Waals surface area contributed by atoms with E-state index in [0.29, 0.717) is 16.9 Å². The van der Waals surface area contributed by atoms with Gasteiger partial charge in [0.1, 0.15) is 11.9 Å². The number of nitrogens with two attached hydrogens (primary N) is 1. The van der Waals surface area contributed by atoms with E-state index in [-0.39, 0.29) is 23.7 Å². The van der Waals surface area contributed by atoms with E-state index in [4.69, 9.17) is 5.73 Å². The molecule has 22 heavy (non-hydrogen) atoms. The third-order valence-electron chi connectivity index (χ3n) is 3.53. The number of hydrogen-bond donors (Lipinski definition) is 3. The predicted molar refractivity (Wildman–Crippen MR) is 80.8 cm³/mol. The largest absolute Gasteiger partial charge is 0.398 e. The summed E-state index contributed by atoms with van der Waals surface area (Å²) in [5, 5.41) is 5.32. The van der Waals surface area contributed by atoms with Crippen LogP contribution in [0, 0.1) is 5.82 Å². The fourth-order valence-electron chi connectivity index (χ4n) is 2.49. The van der Waals surface area contributed by atoms with Crippen LogP contribution in [0.1, 0.15) is 15.9 Å². The van der Waals surface area contributed by atoms with Crippen molar-refractivity contribution in [3.8, 4) is 0 Å². The topological polar surface area (TPSA) is 84.2 Å². The number of rotatable bonds is 2. The van der Waals surface area contributed by atoms with Crippen LogP contribution < -0.4 is 16.4 Å². The second kappa shape index (κ2) is 5.48. The normalized spacial score (nSPS) is 17.2. The highest BCUT2D eigenvalue weighted by molar-refractivity contribution is 6.12. The lowest BCUT2D eigenvalue weighted by Crippen LogP contribution is -2.42. The highest BCUT2D eigenvalue weighted by Crippen LogP contribution is 2.24. The summed E-state index contributed by atoms with van der Waals surface area (Å²) in [7, 11) is 0. The summed E-state index contributed by atoms with van der Waals surface area (Å²) in [6.45, 7) is 0. The molecule has 0 spiro atoms. The zero-order chi connectivity index (χ0) is 15.7. The van der Waals surface area contributed by atoms with E-state index in [1.807, 2.05) is 0 Å². The third-order valence-corrected chi connectivity index (χ3v) is 3.53. The standard InChI is InChI=1S/C16H14FN3O2/c17-10-4-1-3-9(7-10)8-13-15(21)19-12-6-2-5-11(18)14(12)16(22)20-13/h1-7,13H,8,18H2,(H,19,21)(H,20,22). The fraction of sp³-hybridized carbons (Fsp3) is 0.125. The molecular weight excluding hydrogens is 285 g/mol. The van der Waals surface area contributed by atoms with Crippen LogP contribution >= 0.6 is 0 Å². The van der Waals surface area contributed by atoms with Gasteiger partial charge in [0, 0.05) is 12.1 Å². The molecule has 0 fully saturated rings. The van der Waals surface area contributed by atoms with Crippen LogP contribution in [-0.4, -0.2) is 17.9 Å². The van der Waals surface area contributed by atoms with Gasteiger partial charge in [-0.3, -0.25) is 9.59 Å². The van der Waals surface area contributed by atoms with Gasteiger partial charge in [-0.2, -0.15) is 0 Å². The van der Waals surface area contributed by atoms with Crippen LogP contribution in [0.5, 0.6) is 0 Å². The van der Waals surface area contributed by atoms with Crippen molar-refractivity contribution in [2.24, 2.45) is 0 Å². The van der Waals surface area contributed by atoms with Gasteiger partial charge in [-0.05, 0) is 29.8 Å². The van der Waals surface area contributed by atoms with E-state index < -0.39 is 11.9 Å². The Kier molecular flexibility index (Phi) is 3.50. The van der Waals surface area contributed by atoms with Gasteiger partial charge >= 0.3 is 0 Å². The van der Waals surface area contributed by atoms with Crippen molar-refractivity contribution >= 4 is 23.2 Å². The number of carbonyl (C=O) groups is 2. The Labute approximate surface area is 126 Å². The molecule has 2 aromatic rings. The van der Waals surface area contributed by atoms with Crippen molar-refractivity contribution in [2.45, 2.75) is 12.5 Å². The molecule has 4 N–H and O–H groups in total. The summed E-state index contributed by atoms with van der Waals surface area (Å²) >= 11 is 0. The lowest BCUT2D eigenvalue weighted by Gasteiger charge is -2.14. The smallest absolute Gasteiger partial charge is 0.256 e. The number of hydrogen-bond acceptors (Lipinski definition) is 3. The van der Waals surface area contributed by atoms with Crippen molar-refractivity contribution in [2.75, 3.05) is 11.1 Å². The van der Waals surface area contributed by atoms with Gasteiger partial charge in [-0.15, -0.1) is 0 Å². The first-order valence-electron chi connectivity index (χ1n) is 6.79. The van der Waals surface area contributed by atoms with Crippen molar-refractivity contribution in [1.82, 2.24) is 5.32 Å². The maximum absolute atomic E-state index is 13.2. The van der Waals surface area contributed by atoms with Gasteiger partial charge in [-0.1, -0.05) is 18.2 Å². The molecule has 0 radical (unpaired) electrons. The summed E-state index contributed by atoms with van der Waals surface area (Å²) in [6, 6.07) is 10.0. The first-order valence-corrected chi connectivity index (χ1v) is 6.79. The zero-order valence-electron chi connectivity index (χ0n) is 11.6. The molecule has 0 bridgehead atoms. The Morgan fingerprint density at radius 3 is 2.68 bits per heavy atom. The number of benzene rings is 2. The number of carbonyl (C=O) groups excluding carboxylic acids is 2. The second-order valence-electron chi connectivity index (χ2n) is 5.12. The maximum atomic E-state index is 13.2. The molecule has 1 atom stereocenters. The second-order valence-corrected chi connectivity index (χ2v) is 5.12. The minimum absolute atomic E-state index is 0.198. The fourth-order valence-corrected chi connectivity index (χ4v) is 2.49. The Bertz CT molecular complexity index is 761. The molecule has 2 amide bonds. The van der Waals surface area contributed by atoms with E-state index >= 15 is 0 Å². The lowest BCUT2D eigenvalue weighted by atomic mass is 10.1. The average molecular weight is 299 g/mol. The first kappa shape index (κ1) is 14.1. The Balaban J connectivity index is 1.89. The van der Waals surface area contributed by atoms with E-state index in [9.17, 15) is 14.0 Å². The molecule has 1 unspecified atom stereocenters. The highest BCUT2D eigenvalue weighted by Gasteiger charge is 2.29. The molecule has 0 aliphatic carbocycles. The molecule has 1 heterocycles. The number of nitrogen functional groups attached to an aromatic ring is 1. The van der Waals surface area contributed by atoms with Crippen molar-refractivity contribution in [3.05, 3.63) is 59.4 Å². The molecule has 0 saturated carbocycles. The lowest BCUT2D eigenvalue weighted by molar-refractivity contribution is -0.117. The van der Waals surface area contributed by atoms with Crippen LogP contribution in [0.25, 0.3) is 0 Å². The van der Waals surface area contributed by atoms with Gasteiger partial charge in [0.25, 0.3) is 5.91 Å². The minimum atomic E-state index is -0.791. The molecule has 6 heteroatoms. The molecule has 112 valence electrons. The van der Waals surface area contributed by atoms with Crippen LogP contribution in [0.3, 0.4) is 0 Å². The molecule has 3 rings (SSSR count). The summed E-state index contributed by atoms with van der Waals surface area (Å²) < 4.78 is 13.2. The molecular formula is C16H14FN3O2. The number of fused-ring (bicyclic) bond motifs is 1.